The molecule has 0 fully saturated rings. The van der Waals surface area contributed by atoms with Crippen molar-refractivity contribution in [3.8, 4) is 0 Å². The first kappa shape index (κ1) is 34.9. The van der Waals surface area contributed by atoms with Gasteiger partial charge in [0.05, 0.1) is 0 Å². The van der Waals surface area contributed by atoms with Gasteiger partial charge in [0.15, 0.2) is 0 Å². The van der Waals surface area contributed by atoms with Crippen LogP contribution < -0.4 is 42.4 Å². The molecule has 0 spiro atoms. The molecule has 3 rings (SSSR count). The van der Waals surface area contributed by atoms with E-state index in [0.29, 0.717) is 0 Å². The van der Waals surface area contributed by atoms with Gasteiger partial charge in [-0.3, -0.25) is 0 Å². The molecule has 0 nitrogen and oxygen atoms in total. The van der Waals surface area contributed by atoms with Gasteiger partial charge in [0.1, 0.15) is 0 Å². The second-order valence-corrected chi connectivity index (χ2v) is 10.8. The fraction of sp³-hybridized carbons (Fsp3) is 0.429. The summed E-state index contributed by atoms with van der Waals surface area (Å²) in [6.45, 7) is 13.9. The van der Waals surface area contributed by atoms with E-state index >= 15 is 0 Å². The van der Waals surface area contributed by atoms with Crippen LogP contribution in [0.3, 0.4) is 0 Å². The third kappa shape index (κ3) is 8.71. The smallest absolute Gasteiger partial charge is 1.00 e. The Morgan fingerprint density at radius 1 is 0.788 bits per heavy atom. The topological polar surface area (TPSA) is 0 Å². The molecule has 0 heterocycles. The molecule has 0 amide bonds. The van der Waals surface area contributed by atoms with Gasteiger partial charge in [0.2, 0.25) is 0 Å². The van der Waals surface area contributed by atoms with Crippen molar-refractivity contribution < 1.29 is 58.9 Å². The molecule has 0 saturated heterocycles. The Kier molecular flexibility index (Phi) is 17.3. The number of hydrogen-bond acceptors (Lipinski definition) is 0. The second-order valence-electron chi connectivity index (χ2n) is 8.89. The predicted molar refractivity (Wildman–Crippen MR) is 131 cm³/mol. The number of hydrogen-bond donors (Lipinski definition) is 0. The Morgan fingerprint density at radius 3 is 1.88 bits per heavy atom. The molecule has 0 bridgehead atoms. The molecule has 0 N–H and O–H groups in total. The van der Waals surface area contributed by atoms with E-state index in [-0.39, 0.29) is 58.9 Å². The van der Waals surface area contributed by atoms with Crippen molar-refractivity contribution in [3.05, 3.63) is 86.1 Å². The van der Waals surface area contributed by atoms with E-state index < -0.39 is 9.52 Å². The summed E-state index contributed by atoms with van der Waals surface area (Å²) in [5.74, 6) is 0. The summed E-state index contributed by atoms with van der Waals surface area (Å²) in [5, 5.41) is 3.41. The Balaban J connectivity index is 0. The number of unbranched alkanes of at least 4 members (excludes halogenated alkanes) is 2. The molecule has 2 aromatic rings. The van der Waals surface area contributed by atoms with Crippen molar-refractivity contribution >= 4 is 14.7 Å². The van der Waals surface area contributed by atoms with Crippen molar-refractivity contribution in [3.63, 3.8) is 0 Å². The maximum Gasteiger partial charge on any atom is 4.00 e. The first-order valence-corrected chi connectivity index (χ1v) is 12.8. The summed E-state index contributed by atoms with van der Waals surface area (Å²) in [6.07, 6.45) is 11.3. The van der Waals surface area contributed by atoms with Gasteiger partial charge in [-0.05, 0) is 72.8 Å². The molecule has 1 aliphatic carbocycles. The summed E-state index contributed by atoms with van der Waals surface area (Å²) >= 11 is 0. The Hall–Kier alpha value is -0.279. The van der Waals surface area contributed by atoms with Crippen LogP contribution in [-0.2, 0) is 28.1 Å². The number of benzene rings is 2. The molecule has 0 saturated carbocycles. The van der Waals surface area contributed by atoms with Crippen LogP contribution in [0.15, 0.2) is 46.7 Å². The third-order valence-corrected chi connectivity index (χ3v) is 9.55. The molecule has 33 heavy (non-hydrogen) atoms. The molecule has 0 radical (unpaired) electrons. The molecule has 0 atom stereocenters. The Bertz CT molecular complexity index is 920. The zero-order valence-electron chi connectivity index (χ0n) is 21.0. The Labute approximate surface area is 238 Å². The predicted octanol–water partition coefficient (Wildman–Crippen LogP) is -2.76. The van der Waals surface area contributed by atoms with Crippen LogP contribution in [0.1, 0.15) is 72.4 Å². The van der Waals surface area contributed by atoms with Gasteiger partial charge in [0, 0.05) is 0 Å². The zero-order chi connectivity index (χ0) is 21.0. The molecule has 178 valence electrons. The fourth-order valence-corrected chi connectivity index (χ4v) is 6.99. The van der Waals surface area contributed by atoms with Crippen LogP contribution in [0.5, 0.6) is 0 Å². The molecule has 0 aromatic heterocycles. The Morgan fingerprint density at radius 2 is 1.33 bits per heavy atom. The summed E-state index contributed by atoms with van der Waals surface area (Å²) in [7, 11) is -0.479. The van der Waals surface area contributed by atoms with Crippen LogP contribution in [0.25, 0.3) is 0 Å². The van der Waals surface area contributed by atoms with Crippen LogP contribution in [0, 0.1) is 40.7 Å². The van der Waals surface area contributed by atoms with Gasteiger partial charge >= 0.3 is 21.7 Å². The molecule has 0 aliphatic heterocycles. The van der Waals surface area contributed by atoms with Crippen LogP contribution in [0.2, 0.25) is 0 Å². The van der Waals surface area contributed by atoms with Gasteiger partial charge in [-0.25, -0.2) is 16.8 Å². The van der Waals surface area contributed by atoms with Crippen LogP contribution in [-0.4, -0.2) is 9.52 Å². The molecular formula is C28H37Cl3SiTi. The quantitative estimate of drug-likeness (QED) is 0.188. The molecule has 1 aliphatic rings. The third-order valence-electron chi connectivity index (χ3n) is 7.03. The van der Waals surface area contributed by atoms with E-state index in [9.17, 15) is 0 Å². The van der Waals surface area contributed by atoms with Crippen LogP contribution >= 0.6 is 0 Å². The number of halogens is 3. The van der Waals surface area contributed by atoms with E-state index in [1.807, 2.05) is 0 Å². The zero-order valence-corrected chi connectivity index (χ0v) is 26.2. The van der Waals surface area contributed by atoms with Crippen molar-refractivity contribution in [1.29, 1.82) is 0 Å². The molecule has 0 unspecified atom stereocenters. The summed E-state index contributed by atoms with van der Waals surface area (Å²) in [6, 6.07) is 11.0. The first-order chi connectivity index (χ1) is 13.9. The largest absolute Gasteiger partial charge is 4.00 e. The average Bonchev–Trinajstić information content (AvgIpc) is 3.10. The summed E-state index contributed by atoms with van der Waals surface area (Å²) in [4.78, 5) is 0. The maximum absolute atomic E-state index is 3.88. The standard InChI is InChI=1S/C28H37Si.3ClH.Ti/c1-7-8-10-15-25-17-26(16-24-13-11-9-12-14-24)27(18-25)29-28-22(5)20(3)19(2)21(4)23(28)6;;;;/h9,11-14H,7-8,10,15-16,18,29H2,1-6H3;3*1H;/q-1;;;;+4/p-3. The normalized spacial score (nSPS) is 12.6. The van der Waals surface area contributed by atoms with E-state index in [1.165, 1.54) is 59.9 Å². The van der Waals surface area contributed by atoms with E-state index in [1.54, 1.807) is 27.1 Å². The minimum absolute atomic E-state index is 0. The minimum Gasteiger partial charge on any atom is -1.00 e. The summed E-state index contributed by atoms with van der Waals surface area (Å²) < 4.78 is 0. The van der Waals surface area contributed by atoms with Gasteiger partial charge in [-0.1, -0.05) is 85.7 Å². The minimum atomic E-state index is -0.479. The molecule has 2 aromatic carbocycles. The van der Waals surface area contributed by atoms with E-state index in [2.05, 4.69) is 78.0 Å². The SMILES string of the molecule is CCCCCC1=[C-]C(Cc2ccccc2)=C([SiH2]c2c(C)c(C)c(C)c(C)c2C)C1.[Cl-].[Cl-].[Cl-].[Ti+4]. The number of rotatable bonds is 8. The fourth-order valence-electron chi connectivity index (χ4n) is 4.64. The van der Waals surface area contributed by atoms with Crippen molar-refractivity contribution in [1.82, 2.24) is 0 Å². The van der Waals surface area contributed by atoms with Crippen molar-refractivity contribution in [2.75, 3.05) is 0 Å². The van der Waals surface area contributed by atoms with Gasteiger partial charge in [-0.15, -0.1) is 0 Å². The van der Waals surface area contributed by atoms with Crippen LogP contribution in [0.4, 0.5) is 0 Å². The van der Waals surface area contributed by atoms with E-state index in [4.69, 9.17) is 0 Å². The molecule has 5 heteroatoms. The number of allylic oxidation sites excluding steroid dienone is 4. The van der Waals surface area contributed by atoms with Gasteiger partial charge in [0.25, 0.3) is 0 Å². The van der Waals surface area contributed by atoms with Gasteiger partial charge in [-0.2, -0.15) is 5.57 Å². The van der Waals surface area contributed by atoms with Crippen molar-refractivity contribution in [2.45, 2.75) is 80.1 Å². The van der Waals surface area contributed by atoms with E-state index in [0.717, 1.165) is 6.42 Å². The average molecular weight is 556 g/mol. The molecular weight excluding hydrogens is 519 g/mol. The maximum atomic E-state index is 3.88. The monoisotopic (exact) mass is 554 g/mol. The van der Waals surface area contributed by atoms with Gasteiger partial charge < -0.3 is 37.2 Å². The van der Waals surface area contributed by atoms with Crippen molar-refractivity contribution in [2.24, 2.45) is 0 Å². The second kappa shape index (κ2) is 16.4. The first-order valence-electron chi connectivity index (χ1n) is 11.3. The summed E-state index contributed by atoms with van der Waals surface area (Å²) in [5.41, 5.74) is 12.0.